The smallest absolute Gasteiger partial charge is 0.411 e. The predicted octanol–water partition coefficient (Wildman–Crippen LogP) is 1.64. The van der Waals surface area contributed by atoms with Gasteiger partial charge in [-0.15, -0.1) is 11.3 Å². The van der Waals surface area contributed by atoms with Gasteiger partial charge in [0, 0.05) is 4.88 Å². The zero-order valence-corrected chi connectivity index (χ0v) is 9.53. The molecule has 1 aromatic rings. The lowest BCUT2D eigenvalue weighted by atomic mass is 10.1. The van der Waals surface area contributed by atoms with E-state index in [4.69, 9.17) is 5.73 Å². The molecular formula is C9H12N2O3S. The highest BCUT2D eigenvalue weighted by molar-refractivity contribution is 7.16. The van der Waals surface area contributed by atoms with Crippen molar-refractivity contribution in [2.75, 3.05) is 12.4 Å². The summed E-state index contributed by atoms with van der Waals surface area (Å²) in [5.74, 6) is -0.553. The molecule has 0 saturated carbocycles. The molecule has 1 aromatic heterocycles. The van der Waals surface area contributed by atoms with Crippen LogP contribution in [0.25, 0.3) is 0 Å². The summed E-state index contributed by atoms with van der Waals surface area (Å²) in [6.45, 7) is 3.64. The minimum Gasteiger partial charge on any atom is -0.453 e. The van der Waals surface area contributed by atoms with Crippen LogP contribution < -0.4 is 11.1 Å². The molecule has 0 aliphatic rings. The lowest BCUT2D eigenvalue weighted by molar-refractivity contribution is 0.100. The topological polar surface area (TPSA) is 81.4 Å². The van der Waals surface area contributed by atoms with Gasteiger partial charge in [0.05, 0.1) is 12.7 Å². The standard InChI is InChI=1S/C9H12N2O3S/c1-4-5(2)15-8(6(4)7(10)12)11-9(13)14-3/h1-3H3,(H2,10,12)(H,11,13). The monoisotopic (exact) mass is 228 g/mol. The first-order valence-electron chi connectivity index (χ1n) is 4.22. The number of nitrogens with one attached hydrogen (secondary N) is 1. The van der Waals surface area contributed by atoms with E-state index < -0.39 is 12.0 Å². The molecule has 5 nitrogen and oxygen atoms in total. The molecule has 0 saturated heterocycles. The Morgan fingerprint density at radius 2 is 2.00 bits per heavy atom. The second kappa shape index (κ2) is 4.31. The van der Waals surface area contributed by atoms with Crippen molar-refractivity contribution in [3.05, 3.63) is 16.0 Å². The van der Waals surface area contributed by atoms with Gasteiger partial charge in [0.2, 0.25) is 0 Å². The number of hydrogen-bond acceptors (Lipinski definition) is 4. The lowest BCUT2D eigenvalue weighted by Crippen LogP contribution is -2.17. The summed E-state index contributed by atoms with van der Waals surface area (Å²) < 4.78 is 4.44. The quantitative estimate of drug-likeness (QED) is 0.807. The zero-order chi connectivity index (χ0) is 11.6. The Kier molecular flexibility index (Phi) is 3.31. The van der Waals surface area contributed by atoms with Crippen LogP contribution in [-0.2, 0) is 4.74 Å². The summed E-state index contributed by atoms with van der Waals surface area (Å²) in [5.41, 5.74) is 6.36. The highest BCUT2D eigenvalue weighted by atomic mass is 32.1. The number of carbonyl (C=O) groups is 2. The molecule has 1 rings (SSSR count). The Labute approximate surface area is 91.2 Å². The first-order valence-corrected chi connectivity index (χ1v) is 5.03. The van der Waals surface area contributed by atoms with E-state index in [1.54, 1.807) is 6.92 Å². The van der Waals surface area contributed by atoms with Crippen LogP contribution in [0.5, 0.6) is 0 Å². The minimum atomic E-state index is -0.612. The number of hydrogen-bond donors (Lipinski definition) is 2. The number of nitrogens with two attached hydrogens (primary N) is 1. The molecular weight excluding hydrogens is 216 g/mol. The van der Waals surface area contributed by atoms with Gasteiger partial charge >= 0.3 is 6.09 Å². The summed E-state index contributed by atoms with van der Waals surface area (Å²) in [7, 11) is 1.26. The van der Waals surface area contributed by atoms with Gasteiger partial charge in [-0.25, -0.2) is 4.79 Å². The highest BCUT2D eigenvalue weighted by Crippen LogP contribution is 2.31. The van der Waals surface area contributed by atoms with Gasteiger partial charge in [-0.05, 0) is 19.4 Å². The van der Waals surface area contributed by atoms with Gasteiger partial charge in [0.15, 0.2) is 0 Å². The molecule has 15 heavy (non-hydrogen) atoms. The van der Waals surface area contributed by atoms with Crippen molar-refractivity contribution in [1.82, 2.24) is 0 Å². The maximum absolute atomic E-state index is 11.2. The molecule has 2 amide bonds. The van der Waals surface area contributed by atoms with Crippen molar-refractivity contribution in [3.63, 3.8) is 0 Å². The van der Waals surface area contributed by atoms with E-state index in [0.29, 0.717) is 10.6 Å². The SMILES string of the molecule is COC(=O)Nc1sc(C)c(C)c1C(N)=O. The van der Waals surface area contributed by atoms with Gasteiger partial charge in [-0.2, -0.15) is 0 Å². The van der Waals surface area contributed by atoms with E-state index >= 15 is 0 Å². The number of primary amides is 1. The minimum absolute atomic E-state index is 0.350. The number of ether oxygens (including phenoxy) is 1. The average molecular weight is 228 g/mol. The van der Waals surface area contributed by atoms with Crippen LogP contribution in [0.4, 0.5) is 9.80 Å². The second-order valence-corrected chi connectivity index (χ2v) is 4.19. The third-order valence-electron chi connectivity index (χ3n) is 2.03. The Balaban J connectivity index is 3.12. The molecule has 0 aromatic carbocycles. The van der Waals surface area contributed by atoms with Crippen molar-refractivity contribution in [2.45, 2.75) is 13.8 Å². The normalized spacial score (nSPS) is 9.80. The molecule has 0 radical (unpaired) electrons. The van der Waals surface area contributed by atoms with Crippen molar-refractivity contribution in [3.8, 4) is 0 Å². The molecule has 3 N–H and O–H groups in total. The summed E-state index contributed by atoms with van der Waals surface area (Å²) in [5, 5.41) is 2.89. The fourth-order valence-corrected chi connectivity index (χ4v) is 2.21. The Morgan fingerprint density at radius 3 is 2.47 bits per heavy atom. The number of carbonyl (C=O) groups excluding carboxylic acids is 2. The third-order valence-corrected chi connectivity index (χ3v) is 3.16. The molecule has 82 valence electrons. The molecule has 0 aliphatic carbocycles. The van der Waals surface area contributed by atoms with Crippen molar-refractivity contribution >= 4 is 28.3 Å². The van der Waals surface area contributed by atoms with E-state index in [9.17, 15) is 9.59 Å². The highest BCUT2D eigenvalue weighted by Gasteiger charge is 2.18. The maximum Gasteiger partial charge on any atom is 0.411 e. The molecule has 0 unspecified atom stereocenters. The summed E-state index contributed by atoms with van der Waals surface area (Å²) in [6, 6.07) is 0. The summed E-state index contributed by atoms with van der Waals surface area (Å²) >= 11 is 1.30. The van der Waals surface area contributed by atoms with E-state index in [2.05, 4.69) is 10.1 Å². The van der Waals surface area contributed by atoms with Crippen molar-refractivity contribution in [1.29, 1.82) is 0 Å². The molecule has 6 heteroatoms. The maximum atomic E-state index is 11.2. The van der Waals surface area contributed by atoms with Crippen LogP contribution in [0.3, 0.4) is 0 Å². The third kappa shape index (κ3) is 2.27. The fourth-order valence-electron chi connectivity index (χ4n) is 1.16. The van der Waals surface area contributed by atoms with Crippen LogP contribution in [0.15, 0.2) is 0 Å². The van der Waals surface area contributed by atoms with Crippen LogP contribution >= 0.6 is 11.3 Å². The van der Waals surface area contributed by atoms with Gasteiger partial charge in [0.25, 0.3) is 5.91 Å². The largest absolute Gasteiger partial charge is 0.453 e. The Morgan fingerprint density at radius 1 is 1.40 bits per heavy atom. The first kappa shape index (κ1) is 11.5. The fraction of sp³-hybridized carbons (Fsp3) is 0.333. The van der Waals surface area contributed by atoms with Crippen LogP contribution in [0.2, 0.25) is 0 Å². The molecule has 0 aliphatic heterocycles. The molecule has 0 spiro atoms. The van der Waals surface area contributed by atoms with Crippen molar-refractivity contribution < 1.29 is 14.3 Å². The lowest BCUT2D eigenvalue weighted by Gasteiger charge is -2.02. The predicted molar refractivity (Wildman–Crippen MR) is 58.3 cm³/mol. The molecule has 0 atom stereocenters. The number of aryl methyl sites for hydroxylation is 1. The van der Waals surface area contributed by atoms with E-state index in [1.165, 1.54) is 18.4 Å². The number of anilines is 1. The van der Waals surface area contributed by atoms with Crippen LogP contribution in [0, 0.1) is 13.8 Å². The Hall–Kier alpha value is -1.56. The Bertz CT molecular complexity index is 412. The number of rotatable bonds is 2. The average Bonchev–Trinajstić information content (AvgIpc) is 2.42. The number of thiophene rings is 1. The van der Waals surface area contributed by atoms with Gasteiger partial charge in [-0.3, -0.25) is 10.1 Å². The zero-order valence-electron chi connectivity index (χ0n) is 8.71. The molecule has 0 bridgehead atoms. The van der Waals surface area contributed by atoms with Crippen molar-refractivity contribution in [2.24, 2.45) is 5.73 Å². The van der Waals surface area contributed by atoms with E-state index in [0.717, 1.165) is 10.4 Å². The summed E-state index contributed by atoms with van der Waals surface area (Å²) in [6.07, 6.45) is -0.612. The molecule has 1 heterocycles. The van der Waals surface area contributed by atoms with E-state index in [1.807, 2.05) is 6.92 Å². The van der Waals surface area contributed by atoms with Gasteiger partial charge in [-0.1, -0.05) is 0 Å². The summed E-state index contributed by atoms with van der Waals surface area (Å²) in [4.78, 5) is 23.1. The second-order valence-electron chi connectivity index (χ2n) is 2.97. The number of methoxy groups -OCH3 is 1. The molecule has 0 fully saturated rings. The van der Waals surface area contributed by atoms with Gasteiger partial charge in [0.1, 0.15) is 5.00 Å². The van der Waals surface area contributed by atoms with Crippen LogP contribution in [0.1, 0.15) is 20.8 Å². The number of amides is 2. The van der Waals surface area contributed by atoms with E-state index in [-0.39, 0.29) is 0 Å². The van der Waals surface area contributed by atoms with Crippen LogP contribution in [-0.4, -0.2) is 19.1 Å². The first-order chi connectivity index (χ1) is 6.97. The van der Waals surface area contributed by atoms with Gasteiger partial charge < -0.3 is 10.5 Å².